The highest BCUT2D eigenvalue weighted by Gasteiger charge is 2.17. The van der Waals surface area contributed by atoms with Gasteiger partial charge in [0, 0.05) is 6.07 Å². The lowest BCUT2D eigenvalue weighted by molar-refractivity contribution is -0.385. The molecule has 2 aromatic rings. The largest absolute Gasteiger partial charge is 0.455 e. The molecule has 20 heavy (non-hydrogen) atoms. The fraction of sp³-hybridized carbons (Fsp3) is 0. The van der Waals surface area contributed by atoms with Gasteiger partial charge in [-0.2, -0.15) is 0 Å². The van der Waals surface area contributed by atoms with E-state index in [4.69, 9.17) is 4.74 Å². The average Bonchev–Trinajstić information content (AvgIpc) is 2.42. The van der Waals surface area contributed by atoms with Crippen LogP contribution in [0.15, 0.2) is 40.9 Å². The first-order valence-electron chi connectivity index (χ1n) is 5.38. The molecule has 0 atom stereocenters. The summed E-state index contributed by atoms with van der Waals surface area (Å²) >= 11 is 3.07. The highest BCUT2D eigenvalue weighted by atomic mass is 79.9. The summed E-state index contributed by atoms with van der Waals surface area (Å²) in [6, 6.07) is 7.69. The molecule has 5 nitrogen and oxygen atoms in total. The summed E-state index contributed by atoms with van der Waals surface area (Å²) in [7, 11) is 0. The Morgan fingerprint density at radius 2 is 2.00 bits per heavy atom. The van der Waals surface area contributed by atoms with Gasteiger partial charge in [0.1, 0.15) is 21.8 Å². The van der Waals surface area contributed by atoms with Gasteiger partial charge in [-0.3, -0.25) is 14.9 Å². The second kappa shape index (κ2) is 5.79. The summed E-state index contributed by atoms with van der Waals surface area (Å²) in [4.78, 5) is 21.1. The maximum atomic E-state index is 13.0. The van der Waals surface area contributed by atoms with Gasteiger partial charge in [0.15, 0.2) is 6.29 Å². The van der Waals surface area contributed by atoms with Gasteiger partial charge in [0.2, 0.25) is 0 Å². The molecule has 0 saturated carbocycles. The van der Waals surface area contributed by atoms with E-state index in [1.807, 2.05) is 0 Å². The summed E-state index contributed by atoms with van der Waals surface area (Å²) in [6.07, 6.45) is 0.448. The normalized spacial score (nSPS) is 10.1. The molecular formula is C13H7BrFNO4. The Kier molecular flexibility index (Phi) is 4.09. The molecule has 7 heteroatoms. The molecule has 0 radical (unpaired) electrons. The number of carbonyl (C=O) groups is 1. The van der Waals surface area contributed by atoms with E-state index in [2.05, 4.69) is 15.9 Å². The number of halogens is 2. The topological polar surface area (TPSA) is 69.4 Å². The Labute approximate surface area is 121 Å². The van der Waals surface area contributed by atoms with Crippen molar-refractivity contribution >= 4 is 27.9 Å². The lowest BCUT2D eigenvalue weighted by Crippen LogP contribution is -1.95. The van der Waals surface area contributed by atoms with E-state index in [-0.39, 0.29) is 27.2 Å². The fourth-order valence-corrected chi connectivity index (χ4v) is 2.03. The number of carbonyl (C=O) groups excluding carboxylic acids is 1. The van der Waals surface area contributed by atoms with E-state index >= 15 is 0 Å². The number of benzene rings is 2. The molecule has 0 saturated heterocycles. The predicted molar refractivity (Wildman–Crippen MR) is 72.7 cm³/mol. The first-order valence-corrected chi connectivity index (χ1v) is 6.17. The van der Waals surface area contributed by atoms with Gasteiger partial charge in [-0.15, -0.1) is 0 Å². The number of ether oxygens (including phenoxy) is 1. The van der Waals surface area contributed by atoms with Gasteiger partial charge >= 0.3 is 0 Å². The predicted octanol–water partition coefficient (Wildman–Crippen LogP) is 4.10. The Morgan fingerprint density at radius 1 is 1.25 bits per heavy atom. The van der Waals surface area contributed by atoms with Crippen molar-refractivity contribution in [3.8, 4) is 11.5 Å². The quantitative estimate of drug-likeness (QED) is 0.477. The van der Waals surface area contributed by atoms with Crippen LogP contribution in [0.25, 0.3) is 0 Å². The lowest BCUT2D eigenvalue weighted by atomic mass is 10.2. The van der Waals surface area contributed by atoms with E-state index in [1.54, 1.807) is 0 Å². The SMILES string of the molecule is O=Cc1cc(F)ccc1Oc1cccc([N+](=O)[O-])c1Br. The monoisotopic (exact) mass is 339 g/mol. The van der Waals surface area contributed by atoms with Crippen molar-refractivity contribution in [2.24, 2.45) is 0 Å². The van der Waals surface area contributed by atoms with Crippen molar-refractivity contribution in [2.45, 2.75) is 0 Å². The molecule has 0 heterocycles. The minimum Gasteiger partial charge on any atom is -0.455 e. The first-order chi connectivity index (χ1) is 9.52. The summed E-state index contributed by atoms with van der Waals surface area (Å²) < 4.78 is 18.6. The van der Waals surface area contributed by atoms with Crippen molar-refractivity contribution in [1.29, 1.82) is 0 Å². The van der Waals surface area contributed by atoms with Crippen LogP contribution in [0.2, 0.25) is 0 Å². The Hall–Kier alpha value is -2.28. The summed E-state index contributed by atoms with van der Waals surface area (Å²) in [5.74, 6) is -0.297. The first kappa shape index (κ1) is 14.1. The van der Waals surface area contributed by atoms with Crippen LogP contribution in [-0.2, 0) is 0 Å². The second-order valence-electron chi connectivity index (χ2n) is 3.75. The molecule has 2 rings (SSSR count). The number of nitrogens with zero attached hydrogens (tertiary/aromatic N) is 1. The third kappa shape index (κ3) is 2.83. The molecule has 102 valence electrons. The number of hydrogen-bond acceptors (Lipinski definition) is 4. The van der Waals surface area contributed by atoms with Crippen LogP contribution in [0.3, 0.4) is 0 Å². The van der Waals surface area contributed by atoms with Crippen LogP contribution in [-0.4, -0.2) is 11.2 Å². The smallest absolute Gasteiger partial charge is 0.287 e. The van der Waals surface area contributed by atoms with E-state index < -0.39 is 10.7 Å². The highest BCUT2D eigenvalue weighted by Crippen LogP contribution is 2.37. The molecule has 0 bridgehead atoms. The van der Waals surface area contributed by atoms with Gasteiger partial charge in [0.25, 0.3) is 5.69 Å². The number of nitro benzene ring substituents is 1. The second-order valence-corrected chi connectivity index (χ2v) is 4.54. The van der Waals surface area contributed by atoms with E-state index in [9.17, 15) is 19.3 Å². The van der Waals surface area contributed by atoms with Crippen LogP contribution in [0.1, 0.15) is 10.4 Å². The molecule has 0 aliphatic carbocycles. The van der Waals surface area contributed by atoms with Crippen molar-refractivity contribution in [2.75, 3.05) is 0 Å². The molecule has 0 N–H and O–H groups in total. The highest BCUT2D eigenvalue weighted by molar-refractivity contribution is 9.10. The van der Waals surface area contributed by atoms with Crippen LogP contribution in [0, 0.1) is 15.9 Å². The van der Waals surface area contributed by atoms with Crippen LogP contribution in [0.4, 0.5) is 10.1 Å². The third-order valence-corrected chi connectivity index (χ3v) is 3.26. The Morgan fingerprint density at radius 3 is 2.65 bits per heavy atom. The minimum absolute atomic E-state index is 0.0170. The molecule has 0 aliphatic heterocycles. The van der Waals surface area contributed by atoms with Gasteiger partial charge in [-0.05, 0) is 40.2 Å². The zero-order valence-corrected chi connectivity index (χ0v) is 11.5. The van der Waals surface area contributed by atoms with E-state index in [0.29, 0.717) is 6.29 Å². The standard InChI is InChI=1S/C13H7BrFNO4/c14-13-10(16(18)19)2-1-3-12(13)20-11-5-4-9(15)6-8(11)7-17/h1-7H. The van der Waals surface area contributed by atoms with Crippen molar-refractivity contribution in [3.63, 3.8) is 0 Å². The van der Waals surface area contributed by atoms with Gasteiger partial charge in [-0.25, -0.2) is 4.39 Å². The zero-order valence-electron chi connectivity index (χ0n) is 9.88. The molecule has 0 aliphatic rings. The Bertz CT molecular complexity index is 690. The van der Waals surface area contributed by atoms with Crippen LogP contribution >= 0.6 is 15.9 Å². The molecule has 0 fully saturated rings. The van der Waals surface area contributed by atoms with Crippen molar-refractivity contribution in [1.82, 2.24) is 0 Å². The molecule has 0 unspecified atom stereocenters. The van der Waals surface area contributed by atoms with E-state index in [1.165, 1.54) is 24.3 Å². The summed E-state index contributed by atoms with van der Waals surface area (Å²) in [5.41, 5.74) is -0.152. The van der Waals surface area contributed by atoms with Crippen molar-refractivity contribution < 1.29 is 18.8 Å². The number of rotatable bonds is 4. The van der Waals surface area contributed by atoms with Crippen LogP contribution in [0.5, 0.6) is 11.5 Å². The molecular weight excluding hydrogens is 333 g/mol. The third-order valence-electron chi connectivity index (χ3n) is 2.46. The lowest BCUT2D eigenvalue weighted by Gasteiger charge is -2.09. The molecule has 0 spiro atoms. The van der Waals surface area contributed by atoms with Gasteiger partial charge in [0.05, 0.1) is 10.5 Å². The van der Waals surface area contributed by atoms with E-state index in [0.717, 1.165) is 12.1 Å². The zero-order chi connectivity index (χ0) is 14.7. The molecule has 2 aromatic carbocycles. The number of nitro groups is 1. The molecule has 0 aromatic heterocycles. The maximum Gasteiger partial charge on any atom is 0.287 e. The average molecular weight is 340 g/mol. The number of hydrogen-bond donors (Lipinski definition) is 0. The van der Waals surface area contributed by atoms with Crippen LogP contribution < -0.4 is 4.74 Å². The van der Waals surface area contributed by atoms with Gasteiger partial charge < -0.3 is 4.74 Å². The molecule has 0 amide bonds. The maximum absolute atomic E-state index is 13.0. The fourth-order valence-electron chi connectivity index (χ4n) is 1.54. The summed E-state index contributed by atoms with van der Waals surface area (Å²) in [6.45, 7) is 0. The summed E-state index contributed by atoms with van der Waals surface area (Å²) in [5, 5.41) is 10.8. The number of aldehydes is 1. The van der Waals surface area contributed by atoms with Gasteiger partial charge in [-0.1, -0.05) is 6.07 Å². The minimum atomic E-state index is -0.572. The Balaban J connectivity index is 2.43. The van der Waals surface area contributed by atoms with Crippen molar-refractivity contribution in [3.05, 3.63) is 62.4 Å².